The van der Waals surface area contributed by atoms with E-state index in [2.05, 4.69) is 52.2 Å². The van der Waals surface area contributed by atoms with Crippen molar-refractivity contribution in [2.24, 2.45) is 0 Å². The monoisotopic (exact) mass is 190 g/mol. The van der Waals surface area contributed by atoms with Gasteiger partial charge < -0.3 is 0 Å². The number of para-hydroxylation sites is 1. The summed E-state index contributed by atoms with van der Waals surface area (Å²) in [5.41, 5.74) is 3.04. The van der Waals surface area contributed by atoms with E-state index in [1.807, 2.05) is 0 Å². The van der Waals surface area contributed by atoms with Crippen molar-refractivity contribution in [2.45, 2.75) is 32.2 Å². The molecule has 0 N–H and O–H groups in total. The van der Waals surface area contributed by atoms with Gasteiger partial charge in [0.15, 0.2) is 0 Å². The van der Waals surface area contributed by atoms with E-state index in [0.29, 0.717) is 5.92 Å². The molecular weight excluding hydrogens is 170 g/mol. The van der Waals surface area contributed by atoms with Crippen molar-refractivity contribution in [2.75, 3.05) is 14.1 Å². The molecule has 0 radical (unpaired) electrons. The van der Waals surface area contributed by atoms with Gasteiger partial charge in [0.1, 0.15) is 5.69 Å². The van der Waals surface area contributed by atoms with E-state index in [4.69, 9.17) is 0 Å². The van der Waals surface area contributed by atoms with Crippen LogP contribution < -0.4 is 4.48 Å². The second kappa shape index (κ2) is 3.09. The summed E-state index contributed by atoms with van der Waals surface area (Å²) in [6, 6.07) is 9.60. The largest absolute Gasteiger partial charge is 0.294 e. The minimum Gasteiger partial charge on any atom is -0.294 e. The second-order valence-electron chi connectivity index (χ2n) is 5.08. The molecule has 0 saturated carbocycles. The highest BCUT2D eigenvalue weighted by Crippen LogP contribution is 2.40. The lowest BCUT2D eigenvalue weighted by atomic mass is 9.86. The second-order valence-corrected chi connectivity index (χ2v) is 5.08. The summed E-state index contributed by atoms with van der Waals surface area (Å²) in [4.78, 5) is 0. The third kappa shape index (κ3) is 1.27. The van der Waals surface area contributed by atoms with Crippen molar-refractivity contribution in [1.82, 2.24) is 4.48 Å². The van der Waals surface area contributed by atoms with Gasteiger partial charge in [-0.15, -0.1) is 0 Å². The molecule has 0 amide bonds. The minimum absolute atomic E-state index is 0.715. The van der Waals surface area contributed by atoms with Crippen LogP contribution >= 0.6 is 0 Å². The maximum absolute atomic E-state index is 2.35. The molecule has 1 aromatic carbocycles. The van der Waals surface area contributed by atoms with Crippen LogP contribution in [0.25, 0.3) is 0 Å². The molecule has 14 heavy (non-hydrogen) atoms. The normalized spacial score (nSPS) is 29.7. The first-order valence-electron chi connectivity index (χ1n) is 5.46. The number of fused-ring (bicyclic) bond motifs is 1. The molecule has 0 aromatic heterocycles. The zero-order valence-electron chi connectivity index (χ0n) is 9.62. The Balaban J connectivity index is 2.57. The van der Waals surface area contributed by atoms with Crippen LogP contribution in [0, 0.1) is 0 Å². The average molecular weight is 190 g/mol. The maximum Gasteiger partial charge on any atom is 0.136 e. The van der Waals surface area contributed by atoms with Gasteiger partial charge in [-0.05, 0) is 18.9 Å². The van der Waals surface area contributed by atoms with Crippen LogP contribution in [0.1, 0.15) is 31.7 Å². The lowest BCUT2D eigenvalue weighted by Gasteiger charge is -2.42. The summed E-state index contributed by atoms with van der Waals surface area (Å²) < 4.78 is 1.03. The summed E-state index contributed by atoms with van der Waals surface area (Å²) in [6.45, 7) is 4.70. The average Bonchev–Trinajstić information content (AvgIpc) is 2.16. The number of nitrogens with zero attached hydrogens (tertiary/aromatic N) is 1. The Morgan fingerprint density at radius 1 is 1.14 bits per heavy atom. The van der Waals surface area contributed by atoms with E-state index in [-0.39, 0.29) is 0 Å². The molecule has 1 aliphatic heterocycles. The van der Waals surface area contributed by atoms with Crippen LogP contribution in [-0.2, 0) is 0 Å². The summed E-state index contributed by atoms with van der Waals surface area (Å²) in [5.74, 6) is 0.715. The minimum atomic E-state index is 0.715. The lowest BCUT2D eigenvalue weighted by Crippen LogP contribution is -2.51. The number of rotatable bonds is 0. The molecule has 0 aliphatic carbocycles. The zero-order valence-corrected chi connectivity index (χ0v) is 9.62. The molecule has 1 aliphatic rings. The molecule has 2 atom stereocenters. The van der Waals surface area contributed by atoms with Crippen molar-refractivity contribution in [3.8, 4) is 0 Å². The molecule has 0 bridgehead atoms. The highest BCUT2D eigenvalue weighted by molar-refractivity contribution is 5.53. The fraction of sp³-hybridized carbons (Fsp3) is 0.538. The Morgan fingerprint density at radius 3 is 2.50 bits per heavy atom. The van der Waals surface area contributed by atoms with Crippen molar-refractivity contribution < 1.29 is 0 Å². The summed E-state index contributed by atoms with van der Waals surface area (Å²) in [7, 11) is 4.63. The number of hydrogen-bond acceptors (Lipinski definition) is 0. The van der Waals surface area contributed by atoms with Gasteiger partial charge in [0.2, 0.25) is 0 Å². The first-order valence-corrected chi connectivity index (χ1v) is 5.46. The Labute approximate surface area is 86.9 Å². The molecule has 1 aromatic rings. The van der Waals surface area contributed by atoms with Crippen LogP contribution in [0.2, 0.25) is 0 Å². The highest BCUT2D eigenvalue weighted by atomic mass is 15.3. The third-order valence-electron chi connectivity index (χ3n) is 3.89. The van der Waals surface area contributed by atoms with Gasteiger partial charge in [0, 0.05) is 12.0 Å². The van der Waals surface area contributed by atoms with Gasteiger partial charge in [0.25, 0.3) is 0 Å². The van der Waals surface area contributed by atoms with Gasteiger partial charge >= 0.3 is 0 Å². The maximum atomic E-state index is 2.35. The topological polar surface area (TPSA) is 0 Å². The molecule has 1 heteroatoms. The SMILES string of the molecule is C[C@@H]1C[C@@H](C)[N+](C)(C)c2ccccc21. The van der Waals surface area contributed by atoms with Gasteiger partial charge in [-0.1, -0.05) is 25.1 Å². The van der Waals surface area contributed by atoms with Crippen molar-refractivity contribution in [3.63, 3.8) is 0 Å². The fourth-order valence-electron chi connectivity index (χ4n) is 2.57. The van der Waals surface area contributed by atoms with Gasteiger partial charge in [-0.3, -0.25) is 4.48 Å². The summed E-state index contributed by atoms with van der Waals surface area (Å²) in [6.07, 6.45) is 1.30. The van der Waals surface area contributed by atoms with E-state index >= 15 is 0 Å². The Kier molecular flexibility index (Phi) is 2.15. The van der Waals surface area contributed by atoms with E-state index < -0.39 is 0 Å². The third-order valence-corrected chi connectivity index (χ3v) is 3.89. The van der Waals surface area contributed by atoms with Gasteiger partial charge in [-0.25, -0.2) is 0 Å². The Hall–Kier alpha value is -0.820. The summed E-state index contributed by atoms with van der Waals surface area (Å²) >= 11 is 0. The fourth-order valence-corrected chi connectivity index (χ4v) is 2.57. The Bertz CT molecular complexity index is 341. The molecule has 76 valence electrons. The van der Waals surface area contributed by atoms with E-state index in [1.54, 1.807) is 0 Å². The predicted octanol–water partition coefficient (Wildman–Crippen LogP) is 3.15. The molecule has 0 fully saturated rings. The molecule has 0 saturated heterocycles. The first-order chi connectivity index (χ1) is 6.53. The molecule has 1 nitrogen and oxygen atoms in total. The molecule has 1 heterocycles. The highest BCUT2D eigenvalue weighted by Gasteiger charge is 2.36. The summed E-state index contributed by atoms with van der Waals surface area (Å²) in [5, 5.41) is 0. The number of quaternary nitrogens is 1. The number of hydrogen-bond donors (Lipinski definition) is 0. The van der Waals surface area contributed by atoms with Crippen molar-refractivity contribution in [3.05, 3.63) is 29.8 Å². The number of benzene rings is 1. The van der Waals surface area contributed by atoms with Crippen LogP contribution in [0.15, 0.2) is 24.3 Å². The smallest absolute Gasteiger partial charge is 0.136 e. The molecule has 0 spiro atoms. The molecule has 2 rings (SSSR count). The van der Waals surface area contributed by atoms with Crippen LogP contribution in [0.4, 0.5) is 5.69 Å². The van der Waals surface area contributed by atoms with Gasteiger partial charge in [-0.2, -0.15) is 0 Å². The van der Waals surface area contributed by atoms with E-state index in [9.17, 15) is 0 Å². The zero-order chi connectivity index (χ0) is 10.3. The van der Waals surface area contributed by atoms with Crippen LogP contribution in [0.5, 0.6) is 0 Å². The van der Waals surface area contributed by atoms with E-state index in [0.717, 1.165) is 10.5 Å². The Morgan fingerprint density at radius 2 is 1.79 bits per heavy atom. The molecular formula is C13H20N+. The predicted molar refractivity (Wildman–Crippen MR) is 62.6 cm³/mol. The first kappa shape index (κ1) is 9.72. The standard InChI is InChI=1S/C13H20N/c1-10-9-11(2)14(3,4)13-8-6-5-7-12(10)13/h5-8,10-11H,9H2,1-4H3/q+1/t10-,11-/m1/s1. The van der Waals surface area contributed by atoms with Gasteiger partial charge in [0.05, 0.1) is 20.1 Å². The lowest BCUT2D eigenvalue weighted by molar-refractivity contribution is 0.262. The van der Waals surface area contributed by atoms with Crippen molar-refractivity contribution in [1.29, 1.82) is 0 Å². The molecule has 0 unspecified atom stereocenters. The van der Waals surface area contributed by atoms with Crippen LogP contribution in [0.3, 0.4) is 0 Å². The van der Waals surface area contributed by atoms with Crippen molar-refractivity contribution >= 4 is 5.69 Å². The van der Waals surface area contributed by atoms with Crippen LogP contribution in [-0.4, -0.2) is 20.1 Å². The quantitative estimate of drug-likeness (QED) is 0.551. The van der Waals surface area contributed by atoms with E-state index in [1.165, 1.54) is 17.7 Å².